The third kappa shape index (κ3) is 4.34. The first kappa shape index (κ1) is 14.0. The Bertz CT molecular complexity index is 398. The molecular formula is C12H15F2NOS. The molecule has 17 heavy (non-hydrogen) atoms. The van der Waals surface area contributed by atoms with E-state index >= 15 is 0 Å². The van der Waals surface area contributed by atoms with E-state index in [0.717, 1.165) is 18.2 Å². The van der Waals surface area contributed by atoms with Crippen molar-refractivity contribution in [2.75, 3.05) is 19.3 Å². The third-order valence-corrected chi connectivity index (χ3v) is 2.70. The smallest absolute Gasteiger partial charge is 0.223 e. The van der Waals surface area contributed by atoms with Crippen LogP contribution in [0.4, 0.5) is 8.78 Å². The summed E-state index contributed by atoms with van der Waals surface area (Å²) in [5.41, 5.74) is 0.288. The van der Waals surface area contributed by atoms with Gasteiger partial charge in [-0.3, -0.25) is 4.79 Å². The lowest BCUT2D eigenvalue weighted by Gasteiger charge is -2.16. The molecule has 0 fully saturated rings. The zero-order valence-electron chi connectivity index (χ0n) is 9.62. The van der Waals surface area contributed by atoms with E-state index in [1.54, 1.807) is 7.05 Å². The minimum Gasteiger partial charge on any atom is -0.345 e. The van der Waals surface area contributed by atoms with E-state index < -0.39 is 11.6 Å². The molecule has 1 aromatic rings. The largest absolute Gasteiger partial charge is 0.345 e. The van der Waals surface area contributed by atoms with Crippen LogP contribution in [0, 0.1) is 11.6 Å². The normalized spacial score (nSPS) is 10.4. The second kappa shape index (κ2) is 6.59. The van der Waals surface area contributed by atoms with Gasteiger partial charge in [0.2, 0.25) is 5.91 Å². The third-order valence-electron chi connectivity index (χ3n) is 2.48. The number of likely N-dealkylation sites (N-methyl/N-ethyl adjacent to an activating group) is 1. The Morgan fingerprint density at radius 3 is 2.76 bits per heavy atom. The summed E-state index contributed by atoms with van der Waals surface area (Å²) in [7, 11) is 1.64. The zero-order chi connectivity index (χ0) is 12.8. The molecule has 0 unspecified atom stereocenters. The van der Waals surface area contributed by atoms with Gasteiger partial charge >= 0.3 is 0 Å². The van der Waals surface area contributed by atoms with Crippen LogP contribution in [0.25, 0.3) is 0 Å². The molecule has 0 radical (unpaired) electrons. The molecular weight excluding hydrogens is 244 g/mol. The summed E-state index contributed by atoms with van der Waals surface area (Å²) < 4.78 is 26.2. The van der Waals surface area contributed by atoms with Crippen molar-refractivity contribution in [1.82, 2.24) is 4.90 Å². The van der Waals surface area contributed by atoms with Crippen LogP contribution in [0.15, 0.2) is 18.2 Å². The number of rotatable bonds is 5. The highest BCUT2D eigenvalue weighted by molar-refractivity contribution is 7.80. The molecule has 0 bridgehead atoms. The first-order valence-corrected chi connectivity index (χ1v) is 5.96. The second-order valence-corrected chi connectivity index (χ2v) is 4.22. The maximum absolute atomic E-state index is 13.3. The number of carbonyl (C=O) groups excluding carboxylic acids is 1. The van der Waals surface area contributed by atoms with Crippen LogP contribution in [0.5, 0.6) is 0 Å². The van der Waals surface area contributed by atoms with Crippen molar-refractivity contribution in [2.45, 2.75) is 12.8 Å². The van der Waals surface area contributed by atoms with E-state index in [1.807, 2.05) is 0 Å². The van der Waals surface area contributed by atoms with Gasteiger partial charge in [0.15, 0.2) is 0 Å². The summed E-state index contributed by atoms with van der Waals surface area (Å²) in [4.78, 5) is 12.9. The molecule has 94 valence electrons. The summed E-state index contributed by atoms with van der Waals surface area (Å²) in [6.07, 6.45) is 0.656. The number of halogens is 2. The predicted octanol–water partition coefficient (Wildman–Crippen LogP) is 2.29. The van der Waals surface area contributed by atoms with Crippen molar-refractivity contribution in [3.63, 3.8) is 0 Å². The molecule has 1 rings (SSSR count). The van der Waals surface area contributed by atoms with E-state index in [1.165, 1.54) is 4.90 Å². The molecule has 0 saturated heterocycles. The number of thiol groups is 1. The fraction of sp³-hybridized carbons (Fsp3) is 0.417. The monoisotopic (exact) mass is 259 g/mol. The maximum atomic E-state index is 13.3. The summed E-state index contributed by atoms with van der Waals surface area (Å²) >= 11 is 3.97. The Labute approximate surface area is 105 Å². The van der Waals surface area contributed by atoms with Gasteiger partial charge in [0, 0.05) is 20.0 Å². The minimum atomic E-state index is -0.467. The van der Waals surface area contributed by atoms with Gasteiger partial charge in [0.1, 0.15) is 11.6 Å². The number of nitrogens with zero attached hydrogens (tertiary/aromatic N) is 1. The molecule has 5 heteroatoms. The van der Waals surface area contributed by atoms with Crippen LogP contribution < -0.4 is 0 Å². The van der Waals surface area contributed by atoms with E-state index in [-0.39, 0.29) is 11.5 Å². The van der Waals surface area contributed by atoms with E-state index in [2.05, 4.69) is 12.6 Å². The summed E-state index contributed by atoms with van der Waals surface area (Å²) in [5.74, 6) is -0.471. The lowest BCUT2D eigenvalue weighted by Crippen LogP contribution is -2.29. The van der Waals surface area contributed by atoms with Gasteiger partial charge in [0.05, 0.1) is 0 Å². The van der Waals surface area contributed by atoms with E-state index in [9.17, 15) is 13.6 Å². The van der Waals surface area contributed by atoms with Crippen molar-refractivity contribution in [2.24, 2.45) is 0 Å². The second-order valence-electron chi connectivity index (χ2n) is 3.77. The van der Waals surface area contributed by atoms with Crippen molar-refractivity contribution in [1.29, 1.82) is 0 Å². The van der Waals surface area contributed by atoms with Crippen LogP contribution in [-0.2, 0) is 11.2 Å². The fourth-order valence-electron chi connectivity index (χ4n) is 1.43. The molecule has 0 saturated carbocycles. The molecule has 0 aromatic heterocycles. The molecule has 1 aromatic carbocycles. The lowest BCUT2D eigenvalue weighted by molar-refractivity contribution is -0.129. The van der Waals surface area contributed by atoms with Crippen molar-refractivity contribution in [3.8, 4) is 0 Å². The van der Waals surface area contributed by atoms with Crippen LogP contribution in [0.1, 0.15) is 12.0 Å². The summed E-state index contributed by atoms with van der Waals surface area (Å²) in [6, 6.07) is 3.33. The molecule has 0 spiro atoms. The van der Waals surface area contributed by atoms with Crippen LogP contribution in [-0.4, -0.2) is 30.2 Å². The lowest BCUT2D eigenvalue weighted by atomic mass is 10.1. The number of hydrogen-bond donors (Lipinski definition) is 1. The summed E-state index contributed by atoms with van der Waals surface area (Å²) in [6.45, 7) is 0.368. The number of carbonyl (C=O) groups is 1. The van der Waals surface area contributed by atoms with Gasteiger partial charge in [-0.05, 0) is 35.9 Å². The first-order chi connectivity index (χ1) is 8.04. The Morgan fingerprint density at radius 2 is 2.12 bits per heavy atom. The van der Waals surface area contributed by atoms with Gasteiger partial charge in [-0.25, -0.2) is 8.78 Å². The highest BCUT2D eigenvalue weighted by Gasteiger charge is 2.09. The van der Waals surface area contributed by atoms with Gasteiger partial charge in [-0.2, -0.15) is 12.6 Å². The molecule has 0 aliphatic carbocycles. The molecule has 0 aliphatic heterocycles. The van der Waals surface area contributed by atoms with Crippen LogP contribution in [0.3, 0.4) is 0 Å². The Kier molecular flexibility index (Phi) is 5.41. The van der Waals surface area contributed by atoms with Gasteiger partial charge < -0.3 is 4.90 Å². The van der Waals surface area contributed by atoms with Crippen molar-refractivity contribution in [3.05, 3.63) is 35.4 Å². The van der Waals surface area contributed by atoms with Crippen molar-refractivity contribution >= 4 is 18.5 Å². The number of benzene rings is 1. The standard InChI is InChI=1S/C12H15F2NOS/c1-15(12(16)5-7-17)6-4-9-8-10(13)2-3-11(9)14/h2-3,8,17H,4-7H2,1H3. The minimum absolute atomic E-state index is 0.0446. The SMILES string of the molecule is CN(CCc1cc(F)ccc1F)C(=O)CCS. The predicted molar refractivity (Wildman–Crippen MR) is 66.2 cm³/mol. The van der Waals surface area contributed by atoms with Gasteiger partial charge in [-0.1, -0.05) is 0 Å². The Morgan fingerprint density at radius 1 is 1.41 bits per heavy atom. The quantitative estimate of drug-likeness (QED) is 0.804. The fourth-order valence-corrected chi connectivity index (χ4v) is 1.63. The average Bonchev–Trinajstić information content (AvgIpc) is 2.30. The Hall–Kier alpha value is -1.10. The van der Waals surface area contributed by atoms with Crippen LogP contribution in [0.2, 0.25) is 0 Å². The average molecular weight is 259 g/mol. The molecule has 1 amide bonds. The number of hydrogen-bond acceptors (Lipinski definition) is 2. The molecule has 0 atom stereocenters. The highest BCUT2D eigenvalue weighted by Crippen LogP contribution is 2.10. The van der Waals surface area contributed by atoms with Gasteiger partial charge in [0.25, 0.3) is 0 Å². The highest BCUT2D eigenvalue weighted by atomic mass is 32.1. The zero-order valence-corrected chi connectivity index (χ0v) is 10.5. The maximum Gasteiger partial charge on any atom is 0.223 e. The van der Waals surface area contributed by atoms with Crippen LogP contribution >= 0.6 is 12.6 Å². The molecule has 0 heterocycles. The molecule has 2 nitrogen and oxygen atoms in total. The Balaban J connectivity index is 2.55. The first-order valence-electron chi connectivity index (χ1n) is 5.33. The molecule has 0 aliphatic rings. The topological polar surface area (TPSA) is 20.3 Å². The number of amides is 1. The van der Waals surface area contributed by atoms with Gasteiger partial charge in [-0.15, -0.1) is 0 Å². The van der Waals surface area contributed by atoms with E-state index in [0.29, 0.717) is 25.1 Å². The summed E-state index contributed by atoms with van der Waals surface area (Å²) in [5, 5.41) is 0. The van der Waals surface area contributed by atoms with E-state index in [4.69, 9.17) is 0 Å². The van der Waals surface area contributed by atoms with Crippen molar-refractivity contribution < 1.29 is 13.6 Å². The molecule has 0 N–H and O–H groups in total.